The van der Waals surface area contributed by atoms with Crippen LogP contribution in [-0.2, 0) is 16.1 Å². The van der Waals surface area contributed by atoms with Crippen molar-refractivity contribution in [2.75, 3.05) is 6.61 Å². The third kappa shape index (κ3) is 4.36. The van der Waals surface area contributed by atoms with Crippen LogP contribution in [-0.4, -0.2) is 22.4 Å². The standard InChI is InChI=1S/C18H15ClN2O3/c19-15-3-1-4-17(11-15)23-13-18(22)24-12-14-5-7-16(8-6-14)21-10-2-9-20-21/h1-11H,12-13H2. The predicted molar refractivity (Wildman–Crippen MR) is 90.3 cm³/mol. The SMILES string of the molecule is O=C(COc1cccc(Cl)c1)OCc1ccc(-n2cccn2)cc1. The molecule has 122 valence electrons. The van der Waals surface area contributed by atoms with Gasteiger partial charge in [0.2, 0.25) is 0 Å². The number of aromatic nitrogens is 2. The lowest BCUT2D eigenvalue weighted by Gasteiger charge is -2.08. The highest BCUT2D eigenvalue weighted by Crippen LogP contribution is 2.17. The fourth-order valence-electron chi connectivity index (χ4n) is 2.07. The summed E-state index contributed by atoms with van der Waals surface area (Å²) >= 11 is 5.85. The molecule has 0 aliphatic rings. The molecular formula is C18H15ClN2O3. The largest absolute Gasteiger partial charge is 0.482 e. The van der Waals surface area contributed by atoms with Crippen LogP contribution in [0.1, 0.15) is 5.56 Å². The maximum absolute atomic E-state index is 11.7. The van der Waals surface area contributed by atoms with E-state index in [-0.39, 0.29) is 13.2 Å². The number of carbonyl (C=O) groups is 1. The lowest BCUT2D eigenvalue weighted by Crippen LogP contribution is -2.14. The Morgan fingerprint density at radius 3 is 2.67 bits per heavy atom. The van der Waals surface area contributed by atoms with E-state index in [1.54, 1.807) is 35.1 Å². The van der Waals surface area contributed by atoms with Crippen LogP contribution in [0.15, 0.2) is 67.0 Å². The molecule has 1 aromatic heterocycles. The van der Waals surface area contributed by atoms with Gasteiger partial charge >= 0.3 is 5.97 Å². The highest BCUT2D eigenvalue weighted by molar-refractivity contribution is 6.30. The number of hydrogen-bond donors (Lipinski definition) is 0. The molecule has 0 spiro atoms. The second kappa shape index (κ2) is 7.66. The fraction of sp³-hybridized carbons (Fsp3) is 0.111. The summed E-state index contributed by atoms with van der Waals surface area (Å²) in [4.78, 5) is 11.7. The average Bonchev–Trinajstić information content (AvgIpc) is 3.13. The van der Waals surface area contributed by atoms with Gasteiger partial charge in [0.25, 0.3) is 0 Å². The van der Waals surface area contributed by atoms with Crippen molar-refractivity contribution in [3.05, 3.63) is 77.6 Å². The molecule has 0 saturated carbocycles. The highest BCUT2D eigenvalue weighted by atomic mass is 35.5. The van der Waals surface area contributed by atoms with E-state index >= 15 is 0 Å². The second-order valence-electron chi connectivity index (χ2n) is 5.02. The fourth-order valence-corrected chi connectivity index (χ4v) is 2.25. The number of ether oxygens (including phenoxy) is 2. The molecule has 0 fully saturated rings. The number of halogens is 1. The topological polar surface area (TPSA) is 53.4 Å². The summed E-state index contributed by atoms with van der Waals surface area (Å²) < 4.78 is 12.3. The summed E-state index contributed by atoms with van der Waals surface area (Å²) in [6.45, 7) is 0.0306. The van der Waals surface area contributed by atoms with Gasteiger partial charge in [-0.3, -0.25) is 0 Å². The molecule has 0 aliphatic carbocycles. The van der Waals surface area contributed by atoms with Crippen molar-refractivity contribution in [3.8, 4) is 11.4 Å². The molecule has 5 nitrogen and oxygen atoms in total. The monoisotopic (exact) mass is 342 g/mol. The van der Waals surface area contributed by atoms with E-state index in [0.29, 0.717) is 10.8 Å². The Kier molecular flexibility index (Phi) is 5.13. The molecule has 3 rings (SSSR count). The van der Waals surface area contributed by atoms with Crippen molar-refractivity contribution in [3.63, 3.8) is 0 Å². The maximum atomic E-state index is 11.7. The summed E-state index contributed by atoms with van der Waals surface area (Å²) in [7, 11) is 0. The van der Waals surface area contributed by atoms with Crippen LogP contribution in [0.5, 0.6) is 5.75 Å². The van der Waals surface area contributed by atoms with E-state index < -0.39 is 5.97 Å². The van der Waals surface area contributed by atoms with E-state index in [1.165, 1.54) is 0 Å². The first-order chi connectivity index (χ1) is 11.7. The highest BCUT2D eigenvalue weighted by Gasteiger charge is 2.06. The Morgan fingerprint density at radius 2 is 1.96 bits per heavy atom. The molecule has 0 amide bonds. The maximum Gasteiger partial charge on any atom is 0.344 e. The molecule has 24 heavy (non-hydrogen) atoms. The van der Waals surface area contributed by atoms with Crippen LogP contribution >= 0.6 is 11.6 Å². The van der Waals surface area contributed by atoms with Gasteiger partial charge in [-0.15, -0.1) is 0 Å². The van der Waals surface area contributed by atoms with Gasteiger partial charge < -0.3 is 9.47 Å². The van der Waals surface area contributed by atoms with Crippen molar-refractivity contribution in [2.45, 2.75) is 6.61 Å². The van der Waals surface area contributed by atoms with E-state index in [4.69, 9.17) is 21.1 Å². The molecule has 1 heterocycles. The Labute approximate surface area is 144 Å². The molecule has 0 radical (unpaired) electrons. The Hall–Kier alpha value is -2.79. The van der Waals surface area contributed by atoms with Crippen LogP contribution in [0.2, 0.25) is 5.02 Å². The summed E-state index contributed by atoms with van der Waals surface area (Å²) in [5.41, 5.74) is 1.83. The van der Waals surface area contributed by atoms with Gasteiger partial charge in [-0.1, -0.05) is 29.8 Å². The molecule has 2 aromatic carbocycles. The van der Waals surface area contributed by atoms with Gasteiger partial charge in [0.15, 0.2) is 6.61 Å². The minimum absolute atomic E-state index is 0.161. The van der Waals surface area contributed by atoms with Crippen molar-refractivity contribution in [1.82, 2.24) is 9.78 Å². The number of hydrogen-bond acceptors (Lipinski definition) is 4. The van der Waals surface area contributed by atoms with Crippen molar-refractivity contribution >= 4 is 17.6 Å². The molecular weight excluding hydrogens is 328 g/mol. The third-order valence-corrected chi connectivity index (χ3v) is 3.49. The molecule has 6 heteroatoms. The van der Waals surface area contributed by atoms with E-state index in [9.17, 15) is 4.79 Å². The second-order valence-corrected chi connectivity index (χ2v) is 5.46. The molecule has 0 bridgehead atoms. The molecule has 0 aliphatic heterocycles. The first-order valence-corrected chi connectivity index (χ1v) is 7.71. The summed E-state index contributed by atoms with van der Waals surface area (Å²) in [5, 5.41) is 4.71. The minimum Gasteiger partial charge on any atom is -0.482 e. The Morgan fingerprint density at radius 1 is 1.12 bits per heavy atom. The summed E-state index contributed by atoms with van der Waals surface area (Å²) in [5.74, 6) is 0.0918. The molecule has 3 aromatic rings. The first-order valence-electron chi connectivity index (χ1n) is 7.34. The van der Waals surface area contributed by atoms with Gasteiger partial charge in [-0.25, -0.2) is 9.48 Å². The zero-order valence-electron chi connectivity index (χ0n) is 12.8. The predicted octanol–water partition coefficient (Wildman–Crippen LogP) is 3.65. The van der Waals surface area contributed by atoms with E-state index in [0.717, 1.165) is 11.3 Å². The van der Waals surface area contributed by atoms with Crippen molar-refractivity contribution in [1.29, 1.82) is 0 Å². The molecule has 0 saturated heterocycles. The quantitative estimate of drug-likeness (QED) is 0.642. The van der Waals surface area contributed by atoms with Crippen LogP contribution in [0.25, 0.3) is 5.69 Å². The lowest BCUT2D eigenvalue weighted by atomic mass is 10.2. The zero-order chi connectivity index (χ0) is 16.8. The normalized spacial score (nSPS) is 10.4. The number of esters is 1. The molecule has 0 atom stereocenters. The van der Waals surface area contributed by atoms with Crippen LogP contribution in [0.4, 0.5) is 0 Å². The smallest absolute Gasteiger partial charge is 0.344 e. The Bertz CT molecular complexity index is 801. The number of rotatable bonds is 6. The van der Waals surface area contributed by atoms with Crippen molar-refractivity contribution < 1.29 is 14.3 Å². The van der Waals surface area contributed by atoms with Crippen LogP contribution in [0, 0.1) is 0 Å². The summed E-state index contributed by atoms with van der Waals surface area (Å²) in [6.07, 6.45) is 3.58. The first kappa shape index (κ1) is 16.1. The van der Waals surface area contributed by atoms with Gasteiger partial charge in [0.1, 0.15) is 12.4 Å². The van der Waals surface area contributed by atoms with Gasteiger partial charge in [-0.2, -0.15) is 5.10 Å². The van der Waals surface area contributed by atoms with Gasteiger partial charge in [0.05, 0.1) is 5.69 Å². The van der Waals surface area contributed by atoms with Crippen molar-refractivity contribution in [2.24, 2.45) is 0 Å². The van der Waals surface area contributed by atoms with Crippen LogP contribution < -0.4 is 4.74 Å². The summed E-state index contributed by atoms with van der Waals surface area (Å²) in [6, 6.07) is 16.3. The number of benzene rings is 2. The van der Waals surface area contributed by atoms with E-state index in [1.807, 2.05) is 36.5 Å². The lowest BCUT2D eigenvalue weighted by molar-refractivity contribution is -0.147. The average molecular weight is 343 g/mol. The zero-order valence-corrected chi connectivity index (χ0v) is 13.5. The van der Waals surface area contributed by atoms with Gasteiger partial charge in [0, 0.05) is 17.4 Å². The number of carbonyl (C=O) groups excluding carboxylic acids is 1. The van der Waals surface area contributed by atoms with E-state index in [2.05, 4.69) is 5.10 Å². The van der Waals surface area contributed by atoms with Gasteiger partial charge in [-0.05, 0) is 42.0 Å². The third-order valence-electron chi connectivity index (χ3n) is 3.26. The minimum atomic E-state index is -0.439. The van der Waals surface area contributed by atoms with Crippen LogP contribution in [0.3, 0.4) is 0 Å². The molecule has 0 N–H and O–H groups in total. The Balaban J connectivity index is 1.47. The number of nitrogens with zero attached hydrogens (tertiary/aromatic N) is 2. The molecule has 0 unspecified atom stereocenters.